The van der Waals surface area contributed by atoms with Gasteiger partial charge in [0.15, 0.2) is 0 Å². The monoisotopic (exact) mass is 314 g/mol. The van der Waals surface area contributed by atoms with Crippen molar-refractivity contribution in [2.24, 2.45) is 0 Å². The fourth-order valence-corrected chi connectivity index (χ4v) is 2.50. The Morgan fingerprint density at radius 2 is 2.33 bits per heavy atom. The van der Waals surface area contributed by atoms with Crippen molar-refractivity contribution < 1.29 is 9.18 Å². The van der Waals surface area contributed by atoms with Crippen molar-refractivity contribution >= 4 is 21.8 Å². The van der Waals surface area contributed by atoms with Gasteiger partial charge in [0.2, 0.25) is 5.91 Å². The second-order valence-corrected chi connectivity index (χ2v) is 5.44. The number of rotatable bonds is 2. The number of carbonyl (C=O) groups excluding carboxylic acids is 1. The number of nitrogens with one attached hydrogen (secondary N) is 1. The molecule has 1 saturated heterocycles. The molecule has 1 aliphatic heterocycles. The summed E-state index contributed by atoms with van der Waals surface area (Å²) >= 11 is 3.32. The van der Waals surface area contributed by atoms with Crippen LogP contribution >= 0.6 is 15.9 Å². The topological polar surface area (TPSA) is 32.3 Å². The summed E-state index contributed by atoms with van der Waals surface area (Å²) in [6.45, 7) is 3.67. The first-order valence-corrected chi connectivity index (χ1v) is 6.83. The van der Waals surface area contributed by atoms with Gasteiger partial charge in [-0.15, -0.1) is 0 Å². The molecule has 1 heterocycles. The summed E-state index contributed by atoms with van der Waals surface area (Å²) in [7, 11) is 0. The maximum absolute atomic E-state index is 13.7. The highest BCUT2D eigenvalue weighted by Crippen LogP contribution is 2.18. The molecule has 1 aromatic rings. The van der Waals surface area contributed by atoms with Crippen molar-refractivity contribution in [3.63, 3.8) is 0 Å². The number of benzene rings is 1. The van der Waals surface area contributed by atoms with Gasteiger partial charge in [0, 0.05) is 23.1 Å². The second kappa shape index (κ2) is 5.80. The summed E-state index contributed by atoms with van der Waals surface area (Å²) in [4.78, 5) is 13.8. The van der Waals surface area contributed by atoms with Gasteiger partial charge in [-0.2, -0.15) is 0 Å². The third-order valence-corrected chi connectivity index (χ3v) is 3.60. The Morgan fingerprint density at radius 1 is 1.56 bits per heavy atom. The average molecular weight is 315 g/mol. The average Bonchev–Trinajstić information content (AvgIpc) is 2.49. The van der Waals surface area contributed by atoms with Gasteiger partial charge in [-0.3, -0.25) is 4.79 Å². The van der Waals surface area contributed by atoms with Gasteiger partial charge in [-0.25, -0.2) is 4.39 Å². The lowest BCUT2D eigenvalue weighted by Gasteiger charge is -2.23. The fourth-order valence-electron chi connectivity index (χ4n) is 2.09. The summed E-state index contributed by atoms with van der Waals surface area (Å²) in [5, 5.41) is 3.14. The number of nitrogens with zero attached hydrogens (tertiary/aromatic N) is 1. The predicted octanol–water partition coefficient (Wildman–Crippen LogP) is 2.30. The van der Waals surface area contributed by atoms with E-state index in [-0.39, 0.29) is 17.8 Å². The van der Waals surface area contributed by atoms with Gasteiger partial charge in [0.1, 0.15) is 5.82 Å². The van der Waals surface area contributed by atoms with Crippen LogP contribution in [0.5, 0.6) is 0 Å². The zero-order valence-electron chi connectivity index (χ0n) is 10.2. The molecule has 1 aliphatic rings. The molecule has 2 rings (SSSR count). The molecule has 0 saturated carbocycles. The number of hydrogen-bond acceptors (Lipinski definition) is 2. The quantitative estimate of drug-likeness (QED) is 0.908. The van der Waals surface area contributed by atoms with E-state index < -0.39 is 0 Å². The van der Waals surface area contributed by atoms with E-state index >= 15 is 0 Å². The zero-order valence-corrected chi connectivity index (χ0v) is 11.8. The van der Waals surface area contributed by atoms with Crippen molar-refractivity contribution in [2.45, 2.75) is 25.9 Å². The molecule has 1 fully saturated rings. The first-order chi connectivity index (χ1) is 8.58. The summed E-state index contributed by atoms with van der Waals surface area (Å²) in [5.41, 5.74) is 0.548. The molecule has 0 aromatic heterocycles. The molecule has 0 bridgehead atoms. The highest BCUT2D eigenvalue weighted by atomic mass is 79.9. The number of halogens is 2. The van der Waals surface area contributed by atoms with Gasteiger partial charge in [0.05, 0.1) is 6.04 Å². The van der Waals surface area contributed by atoms with Gasteiger partial charge in [0.25, 0.3) is 0 Å². The Balaban J connectivity index is 2.16. The Morgan fingerprint density at radius 3 is 3.11 bits per heavy atom. The molecule has 3 nitrogen and oxygen atoms in total. The number of hydrogen-bond donors (Lipinski definition) is 1. The molecule has 1 atom stereocenters. The van der Waals surface area contributed by atoms with Crippen LogP contribution in [0.2, 0.25) is 0 Å². The molecule has 5 heteroatoms. The maximum Gasteiger partial charge on any atom is 0.239 e. The van der Waals surface area contributed by atoms with Crippen LogP contribution in [0, 0.1) is 5.82 Å². The molecule has 18 heavy (non-hydrogen) atoms. The van der Waals surface area contributed by atoms with Crippen LogP contribution in [-0.4, -0.2) is 29.9 Å². The van der Waals surface area contributed by atoms with Crippen molar-refractivity contribution in [1.29, 1.82) is 0 Å². The maximum atomic E-state index is 13.7. The van der Waals surface area contributed by atoms with E-state index in [4.69, 9.17) is 0 Å². The third kappa shape index (κ3) is 3.09. The van der Waals surface area contributed by atoms with Crippen LogP contribution in [0.4, 0.5) is 4.39 Å². The molecular formula is C13H16BrFN2O. The minimum absolute atomic E-state index is 0.0341. The van der Waals surface area contributed by atoms with E-state index in [1.54, 1.807) is 17.0 Å². The number of carbonyl (C=O) groups is 1. The smallest absolute Gasteiger partial charge is 0.239 e. The highest BCUT2D eigenvalue weighted by Gasteiger charge is 2.23. The normalized spacial score (nSPS) is 20.9. The van der Waals surface area contributed by atoms with Gasteiger partial charge in [-0.1, -0.05) is 15.9 Å². The summed E-state index contributed by atoms with van der Waals surface area (Å²) in [6.07, 6.45) is 0.895. The lowest BCUT2D eigenvalue weighted by atomic mass is 10.2. The SMILES string of the molecule is CC1NCCCN(Cc2cc(Br)ccc2F)C1=O. The van der Waals surface area contributed by atoms with E-state index in [9.17, 15) is 9.18 Å². The Hall–Kier alpha value is -0.940. The number of amides is 1. The van der Waals surface area contributed by atoms with E-state index in [2.05, 4.69) is 21.2 Å². The van der Waals surface area contributed by atoms with Crippen molar-refractivity contribution in [2.75, 3.05) is 13.1 Å². The summed E-state index contributed by atoms with van der Waals surface area (Å²) in [5.74, 6) is -0.234. The highest BCUT2D eigenvalue weighted by molar-refractivity contribution is 9.10. The Labute approximate surface area is 114 Å². The summed E-state index contributed by atoms with van der Waals surface area (Å²) in [6, 6.07) is 4.62. The first-order valence-electron chi connectivity index (χ1n) is 6.04. The molecule has 1 amide bonds. The minimum Gasteiger partial charge on any atom is -0.337 e. The lowest BCUT2D eigenvalue weighted by Crippen LogP contribution is -2.41. The van der Waals surface area contributed by atoms with Crippen LogP contribution in [0.1, 0.15) is 18.9 Å². The van der Waals surface area contributed by atoms with Gasteiger partial charge >= 0.3 is 0 Å². The van der Waals surface area contributed by atoms with E-state index in [0.717, 1.165) is 17.4 Å². The molecule has 1 unspecified atom stereocenters. The minimum atomic E-state index is -0.268. The Kier molecular flexibility index (Phi) is 4.35. The van der Waals surface area contributed by atoms with Crippen molar-refractivity contribution in [1.82, 2.24) is 10.2 Å². The van der Waals surface area contributed by atoms with Crippen LogP contribution in [-0.2, 0) is 11.3 Å². The Bertz CT molecular complexity index is 453. The summed E-state index contributed by atoms with van der Waals surface area (Å²) < 4.78 is 14.5. The second-order valence-electron chi connectivity index (χ2n) is 4.52. The molecule has 1 N–H and O–H groups in total. The van der Waals surface area contributed by atoms with Gasteiger partial charge < -0.3 is 10.2 Å². The van der Waals surface area contributed by atoms with Crippen LogP contribution in [0.25, 0.3) is 0 Å². The molecule has 0 aliphatic carbocycles. The largest absolute Gasteiger partial charge is 0.337 e. The van der Waals surface area contributed by atoms with E-state index in [0.29, 0.717) is 18.7 Å². The van der Waals surface area contributed by atoms with Crippen LogP contribution < -0.4 is 5.32 Å². The molecule has 98 valence electrons. The standard InChI is InChI=1S/C13H16BrFN2O/c1-9-13(18)17(6-2-5-16-9)8-10-7-11(14)3-4-12(10)15/h3-4,7,9,16H,2,5-6,8H2,1H3. The lowest BCUT2D eigenvalue weighted by molar-refractivity contribution is -0.132. The van der Waals surface area contributed by atoms with E-state index in [1.807, 2.05) is 6.92 Å². The van der Waals surface area contributed by atoms with Crippen molar-refractivity contribution in [3.05, 3.63) is 34.1 Å². The predicted molar refractivity (Wildman–Crippen MR) is 71.6 cm³/mol. The fraction of sp³-hybridized carbons (Fsp3) is 0.462. The zero-order chi connectivity index (χ0) is 13.1. The van der Waals surface area contributed by atoms with Crippen molar-refractivity contribution in [3.8, 4) is 0 Å². The van der Waals surface area contributed by atoms with E-state index in [1.165, 1.54) is 6.07 Å². The molecule has 0 spiro atoms. The van der Waals surface area contributed by atoms with Crippen LogP contribution in [0.15, 0.2) is 22.7 Å². The molecule has 1 aromatic carbocycles. The van der Waals surface area contributed by atoms with Gasteiger partial charge in [-0.05, 0) is 38.1 Å². The van der Waals surface area contributed by atoms with Crippen LogP contribution in [0.3, 0.4) is 0 Å². The molecule has 0 radical (unpaired) electrons. The molecular weight excluding hydrogens is 299 g/mol. The third-order valence-electron chi connectivity index (χ3n) is 3.11. The first kappa shape index (κ1) is 13.5.